The number of nitrogens with zero attached hydrogens (tertiary/aromatic N) is 3. The van der Waals surface area contributed by atoms with Gasteiger partial charge in [0.2, 0.25) is 21.8 Å². The van der Waals surface area contributed by atoms with Gasteiger partial charge < -0.3 is 10.2 Å². The molecule has 0 aliphatic heterocycles. The van der Waals surface area contributed by atoms with E-state index in [0.29, 0.717) is 5.56 Å². The number of carbonyl (C=O) groups excluding carboxylic acids is 2. The Morgan fingerprint density at radius 2 is 1.40 bits per heavy atom. The number of sulfonamides is 1. The normalized spacial score (nSPS) is 12.1. The van der Waals surface area contributed by atoms with Crippen LogP contribution < -0.4 is 5.32 Å². The predicted octanol–water partition coefficient (Wildman–Crippen LogP) is 3.94. The van der Waals surface area contributed by atoms with Gasteiger partial charge in [-0.3, -0.25) is 14.6 Å². The quantitative estimate of drug-likeness (QED) is 0.255. The van der Waals surface area contributed by atoms with Crippen molar-refractivity contribution in [2.24, 2.45) is 0 Å². The van der Waals surface area contributed by atoms with Crippen molar-refractivity contribution in [2.75, 3.05) is 12.8 Å². The molecule has 0 spiro atoms. The maximum Gasteiger partial charge on any atom is 0.243 e. The Hall–Kier alpha value is -4.41. The first-order valence-corrected chi connectivity index (χ1v) is 15.3. The van der Waals surface area contributed by atoms with Crippen molar-refractivity contribution in [3.8, 4) is 0 Å². The number of hydrogen-bond donors (Lipinski definition) is 1. The van der Waals surface area contributed by atoms with Crippen LogP contribution in [0.15, 0.2) is 109 Å². The van der Waals surface area contributed by atoms with Crippen LogP contribution in [0, 0.1) is 5.82 Å². The van der Waals surface area contributed by atoms with E-state index >= 15 is 0 Å². The minimum absolute atomic E-state index is 0.00758. The predicted molar refractivity (Wildman–Crippen MR) is 159 cm³/mol. The van der Waals surface area contributed by atoms with Gasteiger partial charge in [0, 0.05) is 38.4 Å². The summed E-state index contributed by atoms with van der Waals surface area (Å²) < 4.78 is 40.3. The third kappa shape index (κ3) is 9.05. The molecule has 218 valence electrons. The molecular weight excluding hydrogens is 555 g/mol. The number of amides is 2. The molecule has 0 bridgehead atoms. The Bertz CT molecular complexity index is 1550. The van der Waals surface area contributed by atoms with Crippen molar-refractivity contribution in [1.82, 2.24) is 19.5 Å². The van der Waals surface area contributed by atoms with Gasteiger partial charge in [0.25, 0.3) is 0 Å². The molecule has 0 saturated heterocycles. The molecule has 0 unspecified atom stereocenters. The van der Waals surface area contributed by atoms with E-state index in [0.717, 1.165) is 27.3 Å². The van der Waals surface area contributed by atoms with Crippen molar-refractivity contribution >= 4 is 21.8 Å². The Morgan fingerprint density at radius 1 is 0.810 bits per heavy atom. The number of benzene rings is 3. The topological polar surface area (TPSA) is 99.7 Å². The summed E-state index contributed by atoms with van der Waals surface area (Å²) in [4.78, 5) is 33.3. The summed E-state index contributed by atoms with van der Waals surface area (Å²) in [6.45, 7) is -0.317. The zero-order chi connectivity index (χ0) is 30.0. The van der Waals surface area contributed by atoms with E-state index in [9.17, 15) is 22.4 Å². The van der Waals surface area contributed by atoms with Gasteiger partial charge in [-0.2, -0.15) is 4.31 Å². The molecule has 0 saturated carbocycles. The molecule has 4 rings (SSSR count). The van der Waals surface area contributed by atoms with E-state index in [1.54, 1.807) is 54.9 Å². The van der Waals surface area contributed by atoms with Crippen LogP contribution in [-0.2, 0) is 45.7 Å². The van der Waals surface area contributed by atoms with Crippen molar-refractivity contribution in [2.45, 2.75) is 32.1 Å². The summed E-state index contributed by atoms with van der Waals surface area (Å²) in [6, 6.07) is 26.5. The fourth-order valence-corrected chi connectivity index (χ4v) is 5.20. The molecule has 0 radical (unpaired) electrons. The molecule has 10 heteroatoms. The van der Waals surface area contributed by atoms with E-state index in [-0.39, 0.29) is 26.1 Å². The van der Waals surface area contributed by atoms with Crippen molar-refractivity contribution in [3.05, 3.63) is 138 Å². The van der Waals surface area contributed by atoms with Crippen LogP contribution in [0.4, 0.5) is 4.39 Å². The molecule has 0 fully saturated rings. The third-order valence-electron chi connectivity index (χ3n) is 6.71. The highest BCUT2D eigenvalue weighted by Gasteiger charge is 2.33. The Balaban J connectivity index is 1.67. The van der Waals surface area contributed by atoms with Gasteiger partial charge in [-0.15, -0.1) is 0 Å². The maximum atomic E-state index is 14.0. The van der Waals surface area contributed by atoms with Gasteiger partial charge in [0.05, 0.1) is 12.8 Å². The number of rotatable bonds is 13. The van der Waals surface area contributed by atoms with Crippen LogP contribution in [0.25, 0.3) is 0 Å². The van der Waals surface area contributed by atoms with Gasteiger partial charge in [-0.05, 0) is 40.5 Å². The van der Waals surface area contributed by atoms with Crippen LogP contribution in [0.5, 0.6) is 0 Å². The molecule has 8 nitrogen and oxygen atoms in total. The summed E-state index contributed by atoms with van der Waals surface area (Å²) in [6.07, 6.45) is 4.51. The first kappa shape index (κ1) is 30.5. The molecule has 0 aliphatic rings. The molecule has 4 aromatic rings. The van der Waals surface area contributed by atoms with E-state index in [1.807, 2.05) is 42.5 Å². The second-order valence-electron chi connectivity index (χ2n) is 9.95. The first-order chi connectivity index (χ1) is 20.2. The Labute approximate surface area is 245 Å². The van der Waals surface area contributed by atoms with E-state index in [4.69, 9.17) is 0 Å². The van der Waals surface area contributed by atoms with E-state index in [2.05, 4.69) is 10.3 Å². The Morgan fingerprint density at radius 3 is 2.00 bits per heavy atom. The summed E-state index contributed by atoms with van der Waals surface area (Å²) in [7, 11) is -3.79. The molecule has 2 amide bonds. The lowest BCUT2D eigenvalue weighted by atomic mass is 10.0. The highest BCUT2D eigenvalue weighted by atomic mass is 32.2. The second-order valence-corrected chi connectivity index (χ2v) is 11.9. The van der Waals surface area contributed by atoms with Crippen LogP contribution in [0.3, 0.4) is 0 Å². The van der Waals surface area contributed by atoms with Crippen molar-refractivity contribution in [1.29, 1.82) is 0 Å². The molecule has 1 heterocycles. The highest BCUT2D eigenvalue weighted by molar-refractivity contribution is 7.88. The number of aromatic nitrogens is 1. The lowest BCUT2D eigenvalue weighted by Gasteiger charge is -2.33. The maximum absolute atomic E-state index is 14.0. The van der Waals surface area contributed by atoms with Crippen LogP contribution >= 0.6 is 0 Å². The summed E-state index contributed by atoms with van der Waals surface area (Å²) in [5, 5.41) is 2.91. The summed E-state index contributed by atoms with van der Waals surface area (Å²) in [5.41, 5.74) is 2.92. The van der Waals surface area contributed by atoms with Crippen molar-refractivity contribution < 1.29 is 22.4 Å². The van der Waals surface area contributed by atoms with E-state index < -0.39 is 40.2 Å². The highest BCUT2D eigenvalue weighted by Crippen LogP contribution is 2.18. The largest absolute Gasteiger partial charge is 0.350 e. The monoisotopic (exact) mass is 588 g/mol. The SMILES string of the molecule is CS(=O)(=O)N(CC(=O)N(Cc1ccc(F)cc1)[C@@H](Cc1ccccc1)C(=O)NCc1cccnc1)Cc1ccccc1. The van der Waals surface area contributed by atoms with Gasteiger partial charge in [0.15, 0.2) is 0 Å². The number of pyridine rings is 1. The molecular formula is C32H33FN4O4S. The number of nitrogens with one attached hydrogen (secondary N) is 1. The minimum Gasteiger partial charge on any atom is -0.350 e. The zero-order valence-electron chi connectivity index (χ0n) is 23.3. The number of halogens is 1. The fraction of sp³-hybridized carbons (Fsp3) is 0.219. The molecule has 42 heavy (non-hydrogen) atoms. The number of carbonyl (C=O) groups is 2. The van der Waals surface area contributed by atoms with Gasteiger partial charge in [-0.1, -0.05) is 78.9 Å². The molecule has 0 aliphatic carbocycles. The molecule has 1 atom stereocenters. The minimum atomic E-state index is -3.79. The smallest absolute Gasteiger partial charge is 0.243 e. The number of hydrogen-bond acceptors (Lipinski definition) is 5. The lowest BCUT2D eigenvalue weighted by Crippen LogP contribution is -2.53. The Kier molecular flexibility index (Phi) is 10.5. The third-order valence-corrected chi connectivity index (χ3v) is 7.91. The van der Waals surface area contributed by atoms with Gasteiger partial charge in [0.1, 0.15) is 11.9 Å². The van der Waals surface area contributed by atoms with Crippen LogP contribution in [0.2, 0.25) is 0 Å². The molecule has 3 aromatic carbocycles. The lowest BCUT2D eigenvalue weighted by molar-refractivity contribution is -0.141. The molecule has 1 aromatic heterocycles. The zero-order valence-corrected chi connectivity index (χ0v) is 24.1. The van der Waals surface area contributed by atoms with Gasteiger partial charge >= 0.3 is 0 Å². The first-order valence-electron chi connectivity index (χ1n) is 13.4. The second kappa shape index (κ2) is 14.5. The average molecular weight is 589 g/mol. The standard InChI is InChI=1S/C32H33FN4O4S/c1-42(40,41)36(22-26-11-6-3-7-12-26)24-31(38)37(23-27-14-16-29(33)17-15-27)30(19-25-9-4-2-5-10-25)32(39)35-21-28-13-8-18-34-20-28/h2-18,20,30H,19,21-24H2,1H3,(H,35,39)/t30-/m0/s1. The summed E-state index contributed by atoms with van der Waals surface area (Å²) >= 11 is 0. The fourth-order valence-electron chi connectivity index (χ4n) is 4.47. The van der Waals surface area contributed by atoms with Crippen molar-refractivity contribution in [3.63, 3.8) is 0 Å². The van der Waals surface area contributed by atoms with E-state index in [1.165, 1.54) is 17.0 Å². The molecule has 1 N–H and O–H groups in total. The van der Waals surface area contributed by atoms with Crippen LogP contribution in [0.1, 0.15) is 22.3 Å². The summed E-state index contributed by atoms with van der Waals surface area (Å²) in [5.74, 6) is -1.40. The average Bonchev–Trinajstić information content (AvgIpc) is 2.99. The van der Waals surface area contributed by atoms with Crippen LogP contribution in [-0.4, -0.2) is 53.3 Å². The van der Waals surface area contributed by atoms with Gasteiger partial charge in [-0.25, -0.2) is 12.8 Å².